The van der Waals surface area contributed by atoms with Crippen molar-refractivity contribution in [3.63, 3.8) is 0 Å². The number of hydrogen-bond donors (Lipinski definition) is 2. The zero-order chi connectivity index (χ0) is 16.2. The second-order valence-corrected chi connectivity index (χ2v) is 6.61. The minimum atomic E-state index is -0.682. The van der Waals surface area contributed by atoms with Crippen LogP contribution >= 0.6 is 0 Å². The van der Waals surface area contributed by atoms with Crippen molar-refractivity contribution in [2.24, 2.45) is 0 Å². The Bertz CT molecular complexity index is 293. The summed E-state index contributed by atoms with van der Waals surface area (Å²) < 4.78 is 5.70. The molecule has 0 aromatic rings. The van der Waals surface area contributed by atoms with Crippen molar-refractivity contribution in [1.82, 2.24) is 0 Å². The summed E-state index contributed by atoms with van der Waals surface area (Å²) in [6.07, 6.45) is 14.2. The van der Waals surface area contributed by atoms with E-state index in [1.807, 2.05) is 6.92 Å². The van der Waals surface area contributed by atoms with Crippen LogP contribution in [-0.2, 0) is 9.53 Å². The van der Waals surface area contributed by atoms with E-state index >= 15 is 0 Å². The van der Waals surface area contributed by atoms with Crippen LogP contribution in [0.1, 0.15) is 90.4 Å². The van der Waals surface area contributed by atoms with Gasteiger partial charge in [0.05, 0.1) is 18.3 Å². The first kappa shape index (κ1) is 19.4. The molecule has 4 heteroatoms. The van der Waals surface area contributed by atoms with E-state index in [-0.39, 0.29) is 6.10 Å². The Labute approximate surface area is 135 Å². The molecule has 0 amide bonds. The molecule has 0 radical (unpaired) electrons. The van der Waals surface area contributed by atoms with E-state index in [9.17, 15) is 9.90 Å². The van der Waals surface area contributed by atoms with E-state index in [2.05, 4.69) is 0 Å². The molecule has 0 aromatic heterocycles. The maximum absolute atomic E-state index is 10.4. The van der Waals surface area contributed by atoms with E-state index in [0.29, 0.717) is 18.6 Å². The number of unbranched alkanes of at least 4 members (excludes halogenated alkanes) is 6. The van der Waals surface area contributed by atoms with Gasteiger partial charge in [-0.15, -0.1) is 0 Å². The largest absolute Gasteiger partial charge is 0.481 e. The zero-order valence-corrected chi connectivity index (χ0v) is 14.1. The first-order chi connectivity index (χ1) is 10.6. The molecule has 1 heterocycles. The van der Waals surface area contributed by atoms with E-state index in [1.54, 1.807) is 0 Å². The fourth-order valence-electron chi connectivity index (χ4n) is 2.95. The number of aliphatic hydroxyl groups excluding tert-OH is 1. The number of aliphatic hydroxyl groups is 1. The standard InChI is InChI=1S/C18H34O4/c1-2-15(19)11-7-6-9-13-17-16(22-17)12-8-4-3-5-10-14-18(20)21/h15-17,19H,2-14H2,1H3,(H,20,21). The third kappa shape index (κ3) is 10.2. The second kappa shape index (κ2) is 11.9. The van der Waals surface area contributed by atoms with Gasteiger partial charge in [-0.05, 0) is 32.1 Å². The maximum Gasteiger partial charge on any atom is 0.303 e. The summed E-state index contributed by atoms with van der Waals surface area (Å²) in [7, 11) is 0. The first-order valence-corrected chi connectivity index (χ1v) is 9.18. The molecule has 3 atom stereocenters. The van der Waals surface area contributed by atoms with Crippen molar-refractivity contribution in [2.75, 3.05) is 0 Å². The molecule has 2 N–H and O–H groups in total. The van der Waals surface area contributed by atoms with Gasteiger partial charge in [-0.25, -0.2) is 0 Å². The highest BCUT2D eigenvalue weighted by molar-refractivity contribution is 5.66. The van der Waals surface area contributed by atoms with Crippen LogP contribution in [0.4, 0.5) is 0 Å². The highest BCUT2D eigenvalue weighted by Gasteiger charge is 2.36. The molecule has 0 bridgehead atoms. The molecule has 0 saturated carbocycles. The maximum atomic E-state index is 10.4. The Balaban J connectivity index is 1.80. The third-order valence-corrected chi connectivity index (χ3v) is 4.56. The number of hydrogen-bond acceptors (Lipinski definition) is 3. The van der Waals surface area contributed by atoms with Gasteiger partial charge >= 0.3 is 5.97 Å². The van der Waals surface area contributed by atoms with Crippen LogP contribution in [0.3, 0.4) is 0 Å². The van der Waals surface area contributed by atoms with Gasteiger partial charge in [0.1, 0.15) is 0 Å². The van der Waals surface area contributed by atoms with Crippen molar-refractivity contribution in [2.45, 2.75) is 109 Å². The average Bonchev–Trinajstić information content (AvgIpc) is 3.23. The van der Waals surface area contributed by atoms with Gasteiger partial charge in [0.25, 0.3) is 0 Å². The minimum Gasteiger partial charge on any atom is -0.481 e. The molecule has 22 heavy (non-hydrogen) atoms. The summed E-state index contributed by atoms with van der Waals surface area (Å²) in [5.74, 6) is -0.682. The van der Waals surface area contributed by atoms with Crippen LogP contribution < -0.4 is 0 Å². The average molecular weight is 314 g/mol. The molecular weight excluding hydrogens is 280 g/mol. The number of aliphatic carboxylic acids is 1. The lowest BCUT2D eigenvalue weighted by Crippen LogP contribution is -2.03. The quantitative estimate of drug-likeness (QED) is 0.349. The smallest absolute Gasteiger partial charge is 0.303 e. The van der Waals surface area contributed by atoms with Gasteiger partial charge in [-0.3, -0.25) is 4.79 Å². The number of carboxylic acid groups (broad SMARTS) is 1. The fraction of sp³-hybridized carbons (Fsp3) is 0.944. The topological polar surface area (TPSA) is 70.1 Å². The summed E-state index contributed by atoms with van der Waals surface area (Å²) >= 11 is 0. The molecule has 1 rings (SSSR count). The van der Waals surface area contributed by atoms with Gasteiger partial charge < -0.3 is 14.9 Å². The SMILES string of the molecule is CCC(O)CCCCCC1OC1CCCCCCCC(=O)O. The third-order valence-electron chi connectivity index (χ3n) is 4.56. The fourth-order valence-corrected chi connectivity index (χ4v) is 2.95. The number of carboxylic acids is 1. The van der Waals surface area contributed by atoms with E-state index < -0.39 is 5.97 Å². The summed E-state index contributed by atoms with van der Waals surface area (Å²) in [4.78, 5) is 10.4. The summed E-state index contributed by atoms with van der Waals surface area (Å²) in [6, 6.07) is 0. The lowest BCUT2D eigenvalue weighted by molar-refractivity contribution is -0.137. The van der Waals surface area contributed by atoms with Crippen molar-refractivity contribution in [1.29, 1.82) is 0 Å². The molecule has 130 valence electrons. The molecular formula is C18H34O4. The van der Waals surface area contributed by atoms with Crippen molar-refractivity contribution < 1.29 is 19.7 Å². The van der Waals surface area contributed by atoms with Crippen LogP contribution in [0.15, 0.2) is 0 Å². The van der Waals surface area contributed by atoms with Crippen LogP contribution in [0, 0.1) is 0 Å². The minimum absolute atomic E-state index is 0.111. The Hall–Kier alpha value is -0.610. The monoisotopic (exact) mass is 314 g/mol. The van der Waals surface area contributed by atoms with Crippen LogP contribution in [0.2, 0.25) is 0 Å². The Kier molecular flexibility index (Phi) is 10.5. The van der Waals surface area contributed by atoms with Crippen molar-refractivity contribution in [3.05, 3.63) is 0 Å². The first-order valence-electron chi connectivity index (χ1n) is 9.18. The predicted octanol–water partition coefficient (Wildman–Crippen LogP) is 4.29. The molecule has 0 aliphatic carbocycles. The Morgan fingerprint density at radius 2 is 1.50 bits per heavy atom. The van der Waals surface area contributed by atoms with Gasteiger partial charge in [-0.1, -0.05) is 51.9 Å². The number of ether oxygens (including phenoxy) is 1. The number of carbonyl (C=O) groups is 1. The lowest BCUT2D eigenvalue weighted by atomic mass is 10.0. The molecule has 4 nitrogen and oxygen atoms in total. The zero-order valence-electron chi connectivity index (χ0n) is 14.1. The summed E-state index contributed by atoms with van der Waals surface area (Å²) in [6.45, 7) is 2.03. The van der Waals surface area contributed by atoms with Crippen LogP contribution in [-0.4, -0.2) is 34.5 Å². The van der Waals surface area contributed by atoms with Crippen LogP contribution in [0.25, 0.3) is 0 Å². The Morgan fingerprint density at radius 1 is 0.955 bits per heavy atom. The Morgan fingerprint density at radius 3 is 2.09 bits per heavy atom. The van der Waals surface area contributed by atoms with E-state index in [1.165, 1.54) is 32.1 Å². The summed E-state index contributed by atoms with van der Waals surface area (Å²) in [5.41, 5.74) is 0. The molecule has 1 fully saturated rings. The molecule has 0 spiro atoms. The normalized spacial score (nSPS) is 21.7. The molecule has 1 aliphatic heterocycles. The predicted molar refractivity (Wildman–Crippen MR) is 88.0 cm³/mol. The molecule has 3 unspecified atom stereocenters. The molecule has 0 aromatic carbocycles. The van der Waals surface area contributed by atoms with E-state index in [4.69, 9.17) is 9.84 Å². The van der Waals surface area contributed by atoms with Gasteiger partial charge in [-0.2, -0.15) is 0 Å². The van der Waals surface area contributed by atoms with Crippen molar-refractivity contribution >= 4 is 5.97 Å². The number of rotatable bonds is 15. The number of epoxide rings is 1. The summed E-state index contributed by atoms with van der Waals surface area (Å²) in [5, 5.41) is 18.0. The molecule has 1 saturated heterocycles. The van der Waals surface area contributed by atoms with Gasteiger partial charge in [0, 0.05) is 6.42 Å². The van der Waals surface area contributed by atoms with Crippen LogP contribution in [0.5, 0.6) is 0 Å². The van der Waals surface area contributed by atoms with E-state index in [0.717, 1.165) is 44.9 Å². The highest BCUT2D eigenvalue weighted by Crippen LogP contribution is 2.31. The second-order valence-electron chi connectivity index (χ2n) is 6.61. The van der Waals surface area contributed by atoms with Gasteiger partial charge in [0.15, 0.2) is 0 Å². The van der Waals surface area contributed by atoms with Crippen molar-refractivity contribution in [3.8, 4) is 0 Å². The lowest BCUT2D eigenvalue weighted by Gasteiger charge is -2.06. The highest BCUT2D eigenvalue weighted by atomic mass is 16.6. The molecule has 1 aliphatic rings. The van der Waals surface area contributed by atoms with Gasteiger partial charge in [0.2, 0.25) is 0 Å².